The van der Waals surface area contributed by atoms with Crippen molar-refractivity contribution in [2.75, 3.05) is 6.61 Å². The van der Waals surface area contributed by atoms with Gasteiger partial charge in [-0.25, -0.2) is 4.79 Å². The monoisotopic (exact) mass is 270 g/mol. The number of nitrogens with two attached hydrogens (primary N) is 1. The maximum Gasteiger partial charge on any atom is 0.350 e. The van der Waals surface area contributed by atoms with Crippen LogP contribution in [0.4, 0.5) is 0 Å². The zero-order valence-corrected chi connectivity index (χ0v) is 12.1. The minimum Gasteiger partial charge on any atom is -0.459 e. The molecule has 0 bridgehead atoms. The van der Waals surface area contributed by atoms with Crippen molar-refractivity contribution in [1.29, 1.82) is 0 Å². The third-order valence-corrected chi connectivity index (χ3v) is 4.25. The molecule has 2 rings (SSSR count). The highest BCUT2D eigenvalue weighted by molar-refractivity contribution is 5.74. The van der Waals surface area contributed by atoms with Crippen LogP contribution in [0.5, 0.6) is 0 Å². The summed E-state index contributed by atoms with van der Waals surface area (Å²) in [6, 6.07) is 0. The fourth-order valence-corrected chi connectivity index (χ4v) is 3.09. The fourth-order valence-electron chi connectivity index (χ4n) is 3.09. The van der Waals surface area contributed by atoms with Crippen LogP contribution in [-0.2, 0) is 14.3 Å². The first-order valence-electron chi connectivity index (χ1n) is 7.31. The molecule has 0 spiro atoms. The van der Waals surface area contributed by atoms with E-state index < -0.39 is 6.23 Å². The van der Waals surface area contributed by atoms with Gasteiger partial charge in [0.05, 0.1) is 12.8 Å². The summed E-state index contributed by atoms with van der Waals surface area (Å²) in [5, 5.41) is 2.88. The predicted molar refractivity (Wildman–Crippen MR) is 72.1 cm³/mol. The number of ether oxygens (including phenoxy) is 2. The lowest BCUT2D eigenvalue weighted by Gasteiger charge is -2.37. The van der Waals surface area contributed by atoms with Gasteiger partial charge in [-0.3, -0.25) is 5.32 Å². The SMILES string of the molecule is CC(C)C1CC[C@@H](C)C[C@H]1OC(=O)C1N[C@@H](N)CO1. The molecule has 2 aliphatic rings. The Morgan fingerprint density at radius 2 is 2.16 bits per heavy atom. The van der Waals surface area contributed by atoms with Gasteiger partial charge in [-0.1, -0.05) is 27.2 Å². The maximum absolute atomic E-state index is 12.1. The number of rotatable bonds is 3. The molecule has 2 unspecified atom stereocenters. The van der Waals surface area contributed by atoms with Crippen molar-refractivity contribution < 1.29 is 14.3 Å². The van der Waals surface area contributed by atoms with E-state index in [4.69, 9.17) is 15.2 Å². The Hall–Kier alpha value is -0.650. The van der Waals surface area contributed by atoms with Gasteiger partial charge in [0.2, 0.25) is 6.23 Å². The summed E-state index contributed by atoms with van der Waals surface area (Å²) >= 11 is 0. The van der Waals surface area contributed by atoms with Crippen LogP contribution in [0.1, 0.15) is 40.0 Å². The summed E-state index contributed by atoms with van der Waals surface area (Å²) < 4.78 is 11.0. The van der Waals surface area contributed by atoms with E-state index in [1.54, 1.807) is 0 Å². The van der Waals surface area contributed by atoms with Crippen molar-refractivity contribution in [2.45, 2.75) is 58.5 Å². The number of nitrogens with one attached hydrogen (secondary N) is 1. The van der Waals surface area contributed by atoms with E-state index in [2.05, 4.69) is 26.1 Å². The first-order valence-corrected chi connectivity index (χ1v) is 7.31. The Labute approximate surface area is 115 Å². The lowest BCUT2D eigenvalue weighted by molar-refractivity contribution is -0.167. The molecule has 1 heterocycles. The second-order valence-corrected chi connectivity index (χ2v) is 6.29. The highest BCUT2D eigenvalue weighted by Gasteiger charge is 2.36. The Morgan fingerprint density at radius 3 is 2.74 bits per heavy atom. The van der Waals surface area contributed by atoms with Gasteiger partial charge in [0.1, 0.15) is 6.10 Å². The first-order chi connectivity index (χ1) is 8.97. The van der Waals surface area contributed by atoms with Crippen molar-refractivity contribution in [3.63, 3.8) is 0 Å². The van der Waals surface area contributed by atoms with Crippen molar-refractivity contribution in [3.8, 4) is 0 Å². The van der Waals surface area contributed by atoms with Gasteiger partial charge in [0, 0.05) is 0 Å². The zero-order chi connectivity index (χ0) is 14.0. The Kier molecular flexibility index (Phi) is 4.81. The highest BCUT2D eigenvalue weighted by Crippen LogP contribution is 2.35. The average Bonchev–Trinajstić information content (AvgIpc) is 2.75. The van der Waals surface area contributed by atoms with Crippen LogP contribution in [0, 0.1) is 17.8 Å². The molecular formula is C14H26N2O3. The van der Waals surface area contributed by atoms with Crippen LogP contribution in [0.2, 0.25) is 0 Å². The van der Waals surface area contributed by atoms with Crippen molar-refractivity contribution >= 4 is 5.97 Å². The molecule has 1 aliphatic heterocycles. The van der Waals surface area contributed by atoms with Crippen LogP contribution in [0.15, 0.2) is 0 Å². The summed E-state index contributed by atoms with van der Waals surface area (Å²) in [6.07, 6.45) is 2.35. The number of esters is 1. The number of hydrogen-bond acceptors (Lipinski definition) is 5. The Bertz CT molecular complexity index is 322. The minimum absolute atomic E-state index is 0.0125. The van der Waals surface area contributed by atoms with E-state index in [-0.39, 0.29) is 18.2 Å². The topological polar surface area (TPSA) is 73.6 Å². The van der Waals surface area contributed by atoms with Crippen LogP contribution >= 0.6 is 0 Å². The lowest BCUT2D eigenvalue weighted by atomic mass is 9.75. The summed E-state index contributed by atoms with van der Waals surface area (Å²) in [5.41, 5.74) is 5.65. The molecule has 0 radical (unpaired) electrons. The van der Waals surface area contributed by atoms with Gasteiger partial charge in [0.15, 0.2) is 0 Å². The molecule has 19 heavy (non-hydrogen) atoms. The standard InChI is InChI=1S/C14H26N2O3/c1-8(2)10-5-4-9(3)6-11(10)19-14(17)13-16-12(15)7-18-13/h8-13,16H,4-7,15H2,1-3H3/t9-,10?,11-,12-,13?/m1/s1. The van der Waals surface area contributed by atoms with Gasteiger partial charge in [-0.05, 0) is 30.6 Å². The van der Waals surface area contributed by atoms with Crippen molar-refractivity contribution in [2.24, 2.45) is 23.5 Å². The maximum atomic E-state index is 12.1. The molecule has 5 nitrogen and oxygen atoms in total. The van der Waals surface area contributed by atoms with E-state index >= 15 is 0 Å². The Morgan fingerprint density at radius 1 is 1.42 bits per heavy atom. The average molecular weight is 270 g/mol. The molecule has 0 aromatic carbocycles. The molecule has 0 amide bonds. The van der Waals surface area contributed by atoms with E-state index in [0.29, 0.717) is 24.4 Å². The molecule has 1 saturated heterocycles. The largest absolute Gasteiger partial charge is 0.459 e. The van der Waals surface area contributed by atoms with Gasteiger partial charge in [-0.15, -0.1) is 0 Å². The lowest BCUT2D eigenvalue weighted by Crippen LogP contribution is -2.44. The molecule has 3 N–H and O–H groups in total. The normalized spacial score (nSPS) is 39.5. The number of hydrogen-bond donors (Lipinski definition) is 2. The highest BCUT2D eigenvalue weighted by atomic mass is 16.6. The molecule has 0 aromatic heterocycles. The van der Waals surface area contributed by atoms with E-state index in [0.717, 1.165) is 12.8 Å². The van der Waals surface area contributed by atoms with E-state index in [1.165, 1.54) is 6.42 Å². The second kappa shape index (κ2) is 6.20. The number of carbonyl (C=O) groups excluding carboxylic acids is 1. The predicted octanol–water partition coefficient (Wildman–Crippen LogP) is 1.22. The molecule has 1 aliphatic carbocycles. The summed E-state index contributed by atoms with van der Waals surface area (Å²) in [4.78, 5) is 12.1. The second-order valence-electron chi connectivity index (χ2n) is 6.29. The molecule has 5 atom stereocenters. The van der Waals surface area contributed by atoms with E-state index in [1.807, 2.05) is 0 Å². The smallest absolute Gasteiger partial charge is 0.350 e. The van der Waals surface area contributed by atoms with Gasteiger partial charge >= 0.3 is 5.97 Å². The fraction of sp³-hybridized carbons (Fsp3) is 0.929. The molecule has 5 heteroatoms. The van der Waals surface area contributed by atoms with Crippen LogP contribution in [0.3, 0.4) is 0 Å². The third kappa shape index (κ3) is 3.68. The van der Waals surface area contributed by atoms with Crippen LogP contribution < -0.4 is 11.1 Å². The van der Waals surface area contributed by atoms with Crippen molar-refractivity contribution in [3.05, 3.63) is 0 Å². The summed E-state index contributed by atoms with van der Waals surface area (Å²) in [6.45, 7) is 6.97. The van der Waals surface area contributed by atoms with Gasteiger partial charge in [0.25, 0.3) is 0 Å². The van der Waals surface area contributed by atoms with Crippen LogP contribution in [-0.4, -0.2) is 31.1 Å². The first kappa shape index (κ1) is 14.8. The van der Waals surface area contributed by atoms with Gasteiger partial charge < -0.3 is 15.2 Å². The van der Waals surface area contributed by atoms with Crippen LogP contribution in [0.25, 0.3) is 0 Å². The molecule has 1 saturated carbocycles. The Balaban J connectivity index is 1.92. The minimum atomic E-state index is -0.694. The quantitative estimate of drug-likeness (QED) is 0.754. The molecule has 2 fully saturated rings. The third-order valence-electron chi connectivity index (χ3n) is 4.25. The molecular weight excluding hydrogens is 244 g/mol. The van der Waals surface area contributed by atoms with Crippen molar-refractivity contribution in [1.82, 2.24) is 5.32 Å². The van der Waals surface area contributed by atoms with E-state index in [9.17, 15) is 4.79 Å². The molecule has 0 aromatic rings. The molecule has 110 valence electrons. The number of carbonyl (C=O) groups is 1. The summed E-state index contributed by atoms with van der Waals surface area (Å²) in [5.74, 6) is 1.28. The zero-order valence-electron chi connectivity index (χ0n) is 12.1. The van der Waals surface area contributed by atoms with Gasteiger partial charge in [-0.2, -0.15) is 0 Å². The summed E-state index contributed by atoms with van der Waals surface area (Å²) in [7, 11) is 0.